The maximum atomic E-state index is 12.0. The molecule has 2 aromatic carbocycles. The summed E-state index contributed by atoms with van der Waals surface area (Å²) in [5.74, 6) is 0.646. The first-order valence-corrected chi connectivity index (χ1v) is 11.3. The highest BCUT2D eigenvalue weighted by Crippen LogP contribution is 2.23. The van der Waals surface area contributed by atoms with E-state index in [9.17, 15) is 13.2 Å². The summed E-state index contributed by atoms with van der Waals surface area (Å²) in [5, 5.41) is 10.3. The third-order valence-electron chi connectivity index (χ3n) is 3.85. The van der Waals surface area contributed by atoms with E-state index in [0.29, 0.717) is 17.7 Å². The van der Waals surface area contributed by atoms with Crippen LogP contribution in [0.25, 0.3) is 11.5 Å². The van der Waals surface area contributed by atoms with E-state index >= 15 is 0 Å². The van der Waals surface area contributed by atoms with Crippen LogP contribution in [0.1, 0.15) is 13.3 Å². The van der Waals surface area contributed by atoms with Crippen LogP contribution in [0, 0.1) is 0 Å². The van der Waals surface area contributed by atoms with E-state index < -0.39 is 9.84 Å². The Morgan fingerprint density at radius 2 is 1.79 bits per heavy atom. The standard InChI is InChI=1S/C19H19N3O4S2/c1-2-28(24,25)16-10-8-14(9-11-16)18-21-22-19(26-18)20-17(23)12-13-27-15-6-4-3-5-7-15/h3-11H,2,12-13H2,1H3,(H,20,22,23). The van der Waals surface area contributed by atoms with Crippen LogP contribution in [0.3, 0.4) is 0 Å². The molecule has 0 saturated heterocycles. The lowest BCUT2D eigenvalue weighted by Crippen LogP contribution is -2.12. The Labute approximate surface area is 167 Å². The van der Waals surface area contributed by atoms with Gasteiger partial charge in [0.1, 0.15) is 0 Å². The van der Waals surface area contributed by atoms with E-state index in [1.165, 1.54) is 12.1 Å². The van der Waals surface area contributed by atoms with Gasteiger partial charge in [-0.05, 0) is 36.4 Å². The van der Waals surface area contributed by atoms with Gasteiger partial charge in [-0.3, -0.25) is 10.1 Å². The summed E-state index contributed by atoms with van der Waals surface area (Å²) in [7, 11) is -3.26. The number of anilines is 1. The van der Waals surface area contributed by atoms with Crippen LogP contribution in [0.5, 0.6) is 0 Å². The molecular weight excluding hydrogens is 398 g/mol. The molecule has 0 bridgehead atoms. The summed E-state index contributed by atoms with van der Waals surface area (Å²) in [5.41, 5.74) is 0.572. The number of nitrogens with one attached hydrogen (secondary N) is 1. The minimum atomic E-state index is -3.26. The van der Waals surface area contributed by atoms with Crippen LogP contribution >= 0.6 is 11.8 Å². The first-order valence-electron chi connectivity index (χ1n) is 8.62. The molecule has 3 rings (SSSR count). The molecule has 0 saturated carbocycles. The van der Waals surface area contributed by atoms with Gasteiger partial charge in [0.15, 0.2) is 9.84 Å². The third-order valence-corrected chi connectivity index (χ3v) is 6.62. The Kier molecular flexibility index (Phi) is 6.48. The van der Waals surface area contributed by atoms with Crippen LogP contribution in [0.4, 0.5) is 6.01 Å². The molecule has 28 heavy (non-hydrogen) atoms. The quantitative estimate of drug-likeness (QED) is 0.558. The van der Waals surface area contributed by atoms with Crippen LogP contribution < -0.4 is 5.32 Å². The van der Waals surface area contributed by atoms with Crippen LogP contribution in [0.15, 0.2) is 68.8 Å². The number of thioether (sulfide) groups is 1. The second kappa shape index (κ2) is 9.03. The topological polar surface area (TPSA) is 102 Å². The number of carbonyl (C=O) groups is 1. The average Bonchev–Trinajstić information content (AvgIpc) is 3.17. The molecule has 1 heterocycles. The Morgan fingerprint density at radius 3 is 2.46 bits per heavy atom. The van der Waals surface area contributed by atoms with Gasteiger partial charge in [-0.2, -0.15) is 0 Å². The van der Waals surface area contributed by atoms with Crippen molar-refractivity contribution in [3.05, 3.63) is 54.6 Å². The van der Waals surface area contributed by atoms with Gasteiger partial charge < -0.3 is 4.42 Å². The van der Waals surface area contributed by atoms with Crippen LogP contribution in [0.2, 0.25) is 0 Å². The van der Waals surface area contributed by atoms with Crippen molar-refractivity contribution < 1.29 is 17.6 Å². The number of nitrogens with zero attached hydrogens (tertiary/aromatic N) is 2. The fourth-order valence-electron chi connectivity index (χ4n) is 2.32. The molecule has 0 aliphatic rings. The van der Waals surface area contributed by atoms with Crippen molar-refractivity contribution >= 4 is 33.5 Å². The summed E-state index contributed by atoms with van der Waals surface area (Å²) in [6.45, 7) is 1.59. The van der Waals surface area contributed by atoms with Gasteiger partial charge in [0, 0.05) is 22.6 Å². The van der Waals surface area contributed by atoms with E-state index in [4.69, 9.17) is 4.42 Å². The largest absolute Gasteiger partial charge is 0.403 e. The van der Waals surface area contributed by atoms with Crippen LogP contribution in [-0.2, 0) is 14.6 Å². The zero-order valence-electron chi connectivity index (χ0n) is 15.2. The monoisotopic (exact) mass is 417 g/mol. The van der Waals surface area contributed by atoms with Gasteiger partial charge in [0.05, 0.1) is 10.6 Å². The minimum Gasteiger partial charge on any atom is -0.403 e. The Balaban J connectivity index is 1.55. The first kappa shape index (κ1) is 20.1. The maximum absolute atomic E-state index is 12.0. The number of carbonyl (C=O) groups excluding carboxylic acids is 1. The molecule has 0 fully saturated rings. The van der Waals surface area contributed by atoms with E-state index in [-0.39, 0.29) is 28.5 Å². The molecule has 0 radical (unpaired) electrons. The lowest BCUT2D eigenvalue weighted by molar-refractivity contribution is -0.115. The van der Waals surface area contributed by atoms with Crippen molar-refractivity contribution in [1.29, 1.82) is 0 Å². The summed E-state index contributed by atoms with van der Waals surface area (Å²) in [4.78, 5) is 13.4. The van der Waals surface area contributed by atoms with Gasteiger partial charge in [0.2, 0.25) is 11.8 Å². The number of rotatable bonds is 8. The number of amides is 1. The SMILES string of the molecule is CCS(=O)(=O)c1ccc(-c2nnc(NC(=O)CCSc3ccccc3)o2)cc1. The fraction of sp³-hybridized carbons (Fsp3) is 0.211. The molecule has 0 aliphatic heterocycles. The molecule has 0 spiro atoms. The van der Waals surface area contributed by atoms with Crippen molar-refractivity contribution in [2.24, 2.45) is 0 Å². The highest BCUT2D eigenvalue weighted by molar-refractivity contribution is 7.99. The zero-order valence-corrected chi connectivity index (χ0v) is 16.8. The second-order valence-corrected chi connectivity index (χ2v) is 9.25. The second-order valence-electron chi connectivity index (χ2n) is 5.80. The summed E-state index contributed by atoms with van der Waals surface area (Å²) < 4.78 is 29.1. The lowest BCUT2D eigenvalue weighted by atomic mass is 10.2. The fourth-order valence-corrected chi connectivity index (χ4v) is 4.08. The van der Waals surface area contributed by atoms with E-state index in [0.717, 1.165) is 4.90 Å². The predicted molar refractivity (Wildman–Crippen MR) is 108 cm³/mol. The number of benzene rings is 2. The molecule has 1 N–H and O–H groups in total. The molecule has 1 amide bonds. The third kappa shape index (κ3) is 5.20. The number of sulfone groups is 1. The van der Waals surface area contributed by atoms with Crippen molar-refractivity contribution in [1.82, 2.24) is 10.2 Å². The minimum absolute atomic E-state index is 0.00923. The number of hydrogen-bond donors (Lipinski definition) is 1. The van der Waals surface area contributed by atoms with Gasteiger partial charge in [-0.1, -0.05) is 30.2 Å². The molecule has 9 heteroatoms. The van der Waals surface area contributed by atoms with Gasteiger partial charge in [-0.25, -0.2) is 8.42 Å². The molecule has 0 atom stereocenters. The van der Waals surface area contributed by atoms with Crippen molar-refractivity contribution in [3.63, 3.8) is 0 Å². The highest BCUT2D eigenvalue weighted by Gasteiger charge is 2.14. The molecule has 3 aromatic rings. The number of hydrogen-bond acceptors (Lipinski definition) is 7. The van der Waals surface area contributed by atoms with E-state index in [2.05, 4.69) is 15.5 Å². The summed E-state index contributed by atoms with van der Waals surface area (Å²) in [6, 6.07) is 16.0. The van der Waals surface area contributed by atoms with Crippen molar-refractivity contribution in [2.45, 2.75) is 23.1 Å². The lowest BCUT2D eigenvalue weighted by Gasteiger charge is -2.02. The van der Waals surface area contributed by atoms with Gasteiger partial charge >= 0.3 is 6.01 Å². The molecule has 0 aliphatic carbocycles. The Morgan fingerprint density at radius 1 is 1.07 bits per heavy atom. The Hall–Kier alpha value is -2.65. The average molecular weight is 418 g/mol. The van der Waals surface area contributed by atoms with Crippen molar-refractivity contribution in [3.8, 4) is 11.5 Å². The molecule has 146 valence electrons. The Bertz CT molecular complexity index is 1030. The summed E-state index contributed by atoms with van der Waals surface area (Å²) in [6.07, 6.45) is 0.306. The molecular formula is C19H19N3O4S2. The van der Waals surface area contributed by atoms with E-state index in [1.54, 1.807) is 30.8 Å². The molecule has 7 nitrogen and oxygen atoms in total. The maximum Gasteiger partial charge on any atom is 0.322 e. The molecule has 0 unspecified atom stereocenters. The summed E-state index contributed by atoms with van der Waals surface area (Å²) >= 11 is 1.59. The predicted octanol–water partition coefficient (Wildman–Crippen LogP) is 3.65. The smallest absolute Gasteiger partial charge is 0.322 e. The van der Waals surface area contributed by atoms with Crippen molar-refractivity contribution in [2.75, 3.05) is 16.8 Å². The highest BCUT2D eigenvalue weighted by atomic mass is 32.2. The van der Waals surface area contributed by atoms with Gasteiger partial charge in [-0.15, -0.1) is 16.9 Å². The van der Waals surface area contributed by atoms with Gasteiger partial charge in [0.25, 0.3) is 0 Å². The number of aromatic nitrogens is 2. The van der Waals surface area contributed by atoms with E-state index in [1.807, 2.05) is 30.3 Å². The zero-order chi connectivity index (χ0) is 20.0. The normalized spacial score (nSPS) is 11.3. The first-order chi connectivity index (χ1) is 13.5. The molecule has 1 aromatic heterocycles. The van der Waals surface area contributed by atoms with Crippen LogP contribution in [-0.4, -0.2) is 36.0 Å².